The highest BCUT2D eigenvalue weighted by molar-refractivity contribution is 5.99. The van der Waals surface area contributed by atoms with Crippen LogP contribution < -0.4 is 21.3 Å². The predicted molar refractivity (Wildman–Crippen MR) is 144 cm³/mol. The van der Waals surface area contributed by atoms with Crippen molar-refractivity contribution in [1.29, 1.82) is 0 Å². The third kappa shape index (κ3) is 8.55. The first kappa shape index (κ1) is 28.6. The van der Waals surface area contributed by atoms with Gasteiger partial charge in [-0.15, -0.1) is 0 Å². The van der Waals surface area contributed by atoms with Crippen molar-refractivity contribution in [1.82, 2.24) is 20.9 Å². The number of nitrogens with one attached hydrogen (secondary N) is 4. The summed E-state index contributed by atoms with van der Waals surface area (Å²) in [7, 11) is 0. The summed E-state index contributed by atoms with van der Waals surface area (Å²) in [5.41, 5.74) is 2.69. The number of hydrogen-bond acceptors (Lipinski definition) is 6. The Bertz CT molecular complexity index is 993. The van der Waals surface area contributed by atoms with Crippen molar-refractivity contribution in [3.63, 3.8) is 0 Å². The second-order valence-corrected chi connectivity index (χ2v) is 11.3. The lowest BCUT2D eigenvalue weighted by molar-refractivity contribution is -0.127. The molecular weight excluding hydrogens is 470 g/mol. The van der Waals surface area contributed by atoms with Crippen LogP contribution in [0.4, 0.5) is 5.69 Å². The summed E-state index contributed by atoms with van der Waals surface area (Å²) in [4.78, 5) is 52.6. The average Bonchev–Trinajstić information content (AvgIpc) is 3.15. The third-order valence-electron chi connectivity index (χ3n) is 6.80. The molecule has 3 rings (SSSR count). The highest BCUT2D eigenvalue weighted by Gasteiger charge is 2.35. The molecule has 1 aromatic rings. The van der Waals surface area contributed by atoms with Crippen molar-refractivity contribution < 1.29 is 19.2 Å². The van der Waals surface area contributed by atoms with E-state index in [9.17, 15) is 19.2 Å². The SMILES string of the molecule is CC(=O)N[C@@H](CC(C)C)CN1CC(=O)C(NC(=O)[C@H](CC(C)C)NC(=O)c2ccc3c(c2)CCCN3)C1. The zero-order valence-electron chi connectivity index (χ0n) is 22.9. The number of ketones is 1. The number of fused-ring (bicyclic) bond motifs is 1. The van der Waals surface area contributed by atoms with Gasteiger partial charge in [0.25, 0.3) is 5.91 Å². The van der Waals surface area contributed by atoms with Gasteiger partial charge in [-0.05, 0) is 61.3 Å². The van der Waals surface area contributed by atoms with Gasteiger partial charge in [0.1, 0.15) is 12.1 Å². The molecule has 3 atom stereocenters. The minimum atomic E-state index is -0.739. The smallest absolute Gasteiger partial charge is 0.251 e. The molecule has 0 saturated carbocycles. The highest BCUT2D eigenvalue weighted by atomic mass is 16.2. The number of benzene rings is 1. The summed E-state index contributed by atoms with van der Waals surface area (Å²) in [5.74, 6) is -0.214. The molecule has 0 spiro atoms. The first-order valence-corrected chi connectivity index (χ1v) is 13.5. The lowest BCUT2D eigenvalue weighted by atomic mass is 9.99. The number of Topliss-reactive ketones (excluding diaryl/α,β-unsaturated/α-hetero) is 1. The van der Waals surface area contributed by atoms with Gasteiger partial charge in [0.2, 0.25) is 11.8 Å². The third-order valence-corrected chi connectivity index (χ3v) is 6.80. The fourth-order valence-corrected chi connectivity index (χ4v) is 5.20. The molecule has 204 valence electrons. The lowest BCUT2D eigenvalue weighted by Gasteiger charge is -2.26. The van der Waals surface area contributed by atoms with Crippen molar-refractivity contribution in [2.75, 3.05) is 31.5 Å². The largest absolute Gasteiger partial charge is 0.385 e. The van der Waals surface area contributed by atoms with Gasteiger partial charge in [-0.1, -0.05) is 27.7 Å². The summed E-state index contributed by atoms with van der Waals surface area (Å²) in [6.45, 7) is 11.8. The van der Waals surface area contributed by atoms with Crippen LogP contribution in [0.25, 0.3) is 0 Å². The molecule has 4 N–H and O–H groups in total. The van der Waals surface area contributed by atoms with Crippen LogP contribution in [-0.2, 0) is 20.8 Å². The van der Waals surface area contributed by atoms with E-state index >= 15 is 0 Å². The molecule has 3 amide bonds. The standard InChI is InChI=1S/C28H43N5O4/c1-17(2)11-22(30-19(5)34)14-33-15-25(26(35)16-33)32-28(37)24(12-18(3)4)31-27(36)21-8-9-23-20(13-21)7-6-10-29-23/h8-9,13,17-18,22,24-25,29H,6-7,10-12,14-16H2,1-5H3,(H,30,34)(H,31,36)(H,32,37)/t22-,24-,25?/m0/s1. The van der Waals surface area contributed by atoms with Gasteiger partial charge < -0.3 is 21.3 Å². The number of hydrogen-bond donors (Lipinski definition) is 4. The van der Waals surface area contributed by atoms with Gasteiger partial charge in [-0.2, -0.15) is 0 Å². The molecule has 1 saturated heterocycles. The number of likely N-dealkylation sites (tertiary alicyclic amines) is 1. The molecular formula is C28H43N5O4. The van der Waals surface area contributed by atoms with Crippen LogP contribution in [0.15, 0.2) is 18.2 Å². The highest BCUT2D eigenvalue weighted by Crippen LogP contribution is 2.23. The van der Waals surface area contributed by atoms with E-state index in [1.807, 2.05) is 30.9 Å². The maximum atomic E-state index is 13.2. The number of nitrogens with zero attached hydrogens (tertiary/aromatic N) is 1. The Morgan fingerprint density at radius 2 is 1.81 bits per heavy atom. The van der Waals surface area contributed by atoms with Crippen LogP contribution in [-0.4, -0.2) is 72.7 Å². The zero-order chi connectivity index (χ0) is 27.1. The van der Waals surface area contributed by atoms with Gasteiger partial charge in [-0.25, -0.2) is 0 Å². The fraction of sp³-hybridized carbons (Fsp3) is 0.643. The molecule has 0 aliphatic carbocycles. The quantitative estimate of drug-likeness (QED) is 0.360. The van der Waals surface area contributed by atoms with E-state index in [4.69, 9.17) is 0 Å². The number of carbonyl (C=O) groups excluding carboxylic acids is 4. The topological polar surface area (TPSA) is 120 Å². The Balaban J connectivity index is 1.62. The maximum Gasteiger partial charge on any atom is 0.251 e. The van der Waals surface area contributed by atoms with Crippen LogP contribution in [0, 0.1) is 11.8 Å². The summed E-state index contributed by atoms with van der Waals surface area (Å²) in [5, 5.41) is 12.1. The minimum Gasteiger partial charge on any atom is -0.385 e. The van der Waals surface area contributed by atoms with Gasteiger partial charge >= 0.3 is 0 Å². The molecule has 2 aliphatic rings. The van der Waals surface area contributed by atoms with Crippen molar-refractivity contribution in [2.45, 2.75) is 78.4 Å². The molecule has 2 aliphatic heterocycles. The summed E-state index contributed by atoms with van der Waals surface area (Å²) in [6, 6.07) is 4.15. The summed E-state index contributed by atoms with van der Waals surface area (Å²) < 4.78 is 0. The predicted octanol–water partition coefficient (Wildman–Crippen LogP) is 2.11. The van der Waals surface area contributed by atoms with Crippen molar-refractivity contribution in [3.05, 3.63) is 29.3 Å². The van der Waals surface area contributed by atoms with Crippen LogP contribution in [0.1, 0.15) is 69.8 Å². The second-order valence-electron chi connectivity index (χ2n) is 11.3. The number of amides is 3. The van der Waals surface area contributed by atoms with E-state index in [1.54, 1.807) is 6.07 Å². The van der Waals surface area contributed by atoms with E-state index in [2.05, 4.69) is 35.1 Å². The molecule has 1 unspecified atom stereocenters. The Morgan fingerprint density at radius 1 is 1.08 bits per heavy atom. The maximum absolute atomic E-state index is 13.2. The summed E-state index contributed by atoms with van der Waals surface area (Å²) in [6.07, 6.45) is 3.21. The van der Waals surface area contributed by atoms with Crippen LogP contribution in [0.5, 0.6) is 0 Å². The van der Waals surface area contributed by atoms with Crippen LogP contribution in [0.2, 0.25) is 0 Å². The molecule has 0 bridgehead atoms. The van der Waals surface area contributed by atoms with E-state index in [1.165, 1.54) is 6.92 Å². The Morgan fingerprint density at radius 3 is 2.49 bits per heavy atom. The molecule has 0 aromatic heterocycles. The fourth-order valence-electron chi connectivity index (χ4n) is 5.20. The molecule has 9 heteroatoms. The normalized spacial score (nSPS) is 19.2. The molecule has 0 radical (unpaired) electrons. The Kier molecular flexibility index (Phi) is 10.1. The molecule has 9 nitrogen and oxygen atoms in total. The summed E-state index contributed by atoms with van der Waals surface area (Å²) >= 11 is 0. The first-order chi connectivity index (χ1) is 17.5. The van der Waals surface area contributed by atoms with E-state index in [0.29, 0.717) is 31.0 Å². The molecule has 1 aromatic carbocycles. The monoisotopic (exact) mass is 513 g/mol. The van der Waals surface area contributed by atoms with E-state index < -0.39 is 12.1 Å². The minimum absolute atomic E-state index is 0.0560. The first-order valence-electron chi connectivity index (χ1n) is 13.5. The number of rotatable bonds is 11. The van der Waals surface area contributed by atoms with Crippen molar-refractivity contribution in [2.24, 2.45) is 11.8 Å². The van der Waals surface area contributed by atoms with E-state index in [0.717, 1.165) is 37.1 Å². The number of aryl methyl sites for hydroxylation is 1. The van der Waals surface area contributed by atoms with Gasteiger partial charge in [0.15, 0.2) is 5.78 Å². The van der Waals surface area contributed by atoms with Crippen LogP contribution in [0.3, 0.4) is 0 Å². The van der Waals surface area contributed by atoms with Crippen molar-refractivity contribution in [3.8, 4) is 0 Å². The molecule has 37 heavy (non-hydrogen) atoms. The second kappa shape index (κ2) is 13.0. The number of anilines is 1. The van der Waals surface area contributed by atoms with Gasteiger partial charge in [0.05, 0.1) is 6.54 Å². The molecule has 2 heterocycles. The van der Waals surface area contributed by atoms with Gasteiger partial charge in [-0.3, -0.25) is 24.1 Å². The van der Waals surface area contributed by atoms with E-state index in [-0.39, 0.29) is 42.0 Å². The Labute approximate surface area is 220 Å². The average molecular weight is 514 g/mol. The van der Waals surface area contributed by atoms with Crippen molar-refractivity contribution >= 4 is 29.2 Å². The number of carbonyl (C=O) groups is 4. The Hall–Kier alpha value is -2.94. The van der Waals surface area contributed by atoms with Crippen LogP contribution >= 0.6 is 0 Å². The lowest BCUT2D eigenvalue weighted by Crippen LogP contribution is -2.52. The molecule has 1 fully saturated rings. The zero-order valence-corrected chi connectivity index (χ0v) is 22.9. The van der Waals surface area contributed by atoms with Gasteiger partial charge in [0, 0.05) is 43.9 Å².